The van der Waals surface area contributed by atoms with Crippen molar-refractivity contribution in [2.75, 3.05) is 30.5 Å². The fourth-order valence-corrected chi connectivity index (χ4v) is 6.75. The minimum Gasteiger partial charge on any atom is -0.444 e. The van der Waals surface area contributed by atoms with Gasteiger partial charge in [0.25, 0.3) is 5.89 Å². The molecule has 2 saturated heterocycles. The molecule has 0 bridgehead atoms. The van der Waals surface area contributed by atoms with E-state index >= 15 is 0 Å². The van der Waals surface area contributed by atoms with E-state index in [0.717, 1.165) is 0 Å². The van der Waals surface area contributed by atoms with Crippen LogP contribution in [0, 0.1) is 5.41 Å². The summed E-state index contributed by atoms with van der Waals surface area (Å²) in [5.74, 6) is -0.795. The van der Waals surface area contributed by atoms with E-state index in [1.807, 2.05) is 26.8 Å². The van der Waals surface area contributed by atoms with Gasteiger partial charge < -0.3 is 14.1 Å². The Morgan fingerprint density at radius 2 is 1.68 bits per heavy atom. The van der Waals surface area contributed by atoms with Crippen LogP contribution >= 0.6 is 0 Å². The lowest BCUT2D eigenvalue weighted by atomic mass is 9.72. The highest BCUT2D eigenvalue weighted by Crippen LogP contribution is 2.42. The van der Waals surface area contributed by atoms with Gasteiger partial charge in [0.1, 0.15) is 5.60 Å². The number of amides is 1. The first-order chi connectivity index (χ1) is 19.4. The van der Waals surface area contributed by atoms with Crippen LogP contribution in [0.25, 0.3) is 11.5 Å². The quantitative estimate of drug-likeness (QED) is 0.370. The Morgan fingerprint density at radius 3 is 2.24 bits per heavy atom. The van der Waals surface area contributed by atoms with Crippen molar-refractivity contribution in [3.8, 4) is 11.5 Å². The monoisotopic (exact) mass is 589 g/mol. The topological polar surface area (TPSA) is 109 Å². The first-order valence-corrected chi connectivity index (χ1v) is 14.8. The molecule has 2 fully saturated rings. The molecule has 1 spiro atoms. The first kappa shape index (κ1) is 28.9. The Morgan fingerprint density at radius 1 is 1.05 bits per heavy atom. The van der Waals surface area contributed by atoms with E-state index in [1.54, 1.807) is 53.4 Å². The third-order valence-electron chi connectivity index (χ3n) is 7.29. The Kier molecular flexibility index (Phi) is 7.77. The Bertz CT molecular complexity index is 1460. The molecule has 2 aromatic carbocycles. The van der Waals surface area contributed by atoms with Crippen molar-refractivity contribution in [2.24, 2.45) is 5.41 Å². The van der Waals surface area contributed by atoms with Gasteiger partial charge in [-0.2, -0.15) is 21.5 Å². The van der Waals surface area contributed by atoms with E-state index in [-0.39, 0.29) is 23.9 Å². The van der Waals surface area contributed by atoms with Gasteiger partial charge in [-0.25, -0.2) is 4.79 Å². The van der Waals surface area contributed by atoms with Gasteiger partial charge in [-0.05, 0) is 63.4 Å². The van der Waals surface area contributed by atoms with Crippen LogP contribution in [0.5, 0.6) is 0 Å². The lowest BCUT2D eigenvalue weighted by molar-refractivity contribution is -0.0521. The van der Waals surface area contributed by atoms with Gasteiger partial charge in [0.15, 0.2) is 0 Å². The van der Waals surface area contributed by atoms with Gasteiger partial charge in [0.2, 0.25) is 5.89 Å². The minimum atomic E-state index is -3.89. The van der Waals surface area contributed by atoms with E-state index in [2.05, 4.69) is 10.2 Å². The number of anilines is 1. The van der Waals surface area contributed by atoms with Gasteiger partial charge in [-0.15, -0.1) is 10.2 Å². The summed E-state index contributed by atoms with van der Waals surface area (Å²) in [6, 6.07) is 15.5. The standard InChI is InChI=1S/C28H33F2N5O5S/c1-27(2,3)40-26(36)33-18-28(19-33)13-15-34(16-14-28)41(37,38)35(22-7-5-4-6-8-22)17-20-9-11-21(12-10-20)24-31-32-25(39-24)23(29)30/h4-12,23H,13-19H2,1-3H3. The first-order valence-electron chi connectivity index (χ1n) is 13.4. The highest BCUT2D eigenvalue weighted by Gasteiger charge is 2.49. The summed E-state index contributed by atoms with van der Waals surface area (Å²) in [5.41, 5.74) is 0.994. The molecule has 1 amide bonds. The number of rotatable bonds is 7. The second kappa shape index (κ2) is 11.0. The molecular weight excluding hydrogens is 556 g/mol. The predicted molar refractivity (Wildman–Crippen MR) is 147 cm³/mol. The summed E-state index contributed by atoms with van der Waals surface area (Å²) >= 11 is 0. The number of alkyl halides is 2. The molecule has 0 radical (unpaired) electrons. The van der Waals surface area contributed by atoms with Crippen molar-refractivity contribution in [3.05, 3.63) is 66.1 Å². The fraction of sp³-hybridized carbons (Fsp3) is 0.464. The van der Waals surface area contributed by atoms with Crippen LogP contribution < -0.4 is 4.31 Å². The molecule has 41 heavy (non-hydrogen) atoms. The summed E-state index contributed by atoms with van der Waals surface area (Å²) in [4.78, 5) is 14.1. The third kappa shape index (κ3) is 6.35. The Balaban J connectivity index is 1.28. The fourth-order valence-electron chi connectivity index (χ4n) is 5.12. The van der Waals surface area contributed by atoms with Crippen LogP contribution in [0.15, 0.2) is 59.0 Å². The molecular formula is C28H33F2N5O5S. The summed E-state index contributed by atoms with van der Waals surface area (Å²) in [6.45, 7) is 7.35. The largest absolute Gasteiger partial charge is 0.444 e. The van der Waals surface area contributed by atoms with Crippen molar-refractivity contribution in [1.82, 2.24) is 19.4 Å². The maximum atomic E-state index is 14.0. The number of piperidine rings is 1. The zero-order valence-corrected chi connectivity index (χ0v) is 24.0. The minimum absolute atomic E-state index is 0.0390. The lowest BCUT2D eigenvalue weighted by Crippen LogP contribution is -2.63. The molecule has 5 rings (SSSR count). The second-order valence-corrected chi connectivity index (χ2v) is 13.4. The number of para-hydroxylation sites is 1. The number of aromatic nitrogens is 2. The molecule has 2 aliphatic rings. The Hall–Kier alpha value is -3.58. The van der Waals surface area contributed by atoms with Crippen LogP contribution in [0.2, 0.25) is 0 Å². The zero-order valence-electron chi connectivity index (χ0n) is 23.2. The summed E-state index contributed by atoms with van der Waals surface area (Å²) in [7, 11) is -3.89. The summed E-state index contributed by atoms with van der Waals surface area (Å²) < 4.78 is 66.9. The average molecular weight is 590 g/mol. The molecule has 0 unspecified atom stereocenters. The highest BCUT2D eigenvalue weighted by atomic mass is 32.2. The number of ether oxygens (including phenoxy) is 1. The zero-order chi connectivity index (χ0) is 29.4. The van der Waals surface area contributed by atoms with E-state index < -0.39 is 28.1 Å². The van der Waals surface area contributed by atoms with Crippen molar-refractivity contribution in [2.45, 2.75) is 52.2 Å². The molecule has 3 aromatic rings. The second-order valence-electron chi connectivity index (χ2n) is 11.5. The molecule has 2 aliphatic heterocycles. The molecule has 13 heteroatoms. The summed E-state index contributed by atoms with van der Waals surface area (Å²) in [6.07, 6.45) is -1.91. The molecule has 10 nitrogen and oxygen atoms in total. The van der Waals surface area contributed by atoms with Crippen LogP contribution in [0.3, 0.4) is 0 Å². The van der Waals surface area contributed by atoms with Gasteiger partial charge in [-0.3, -0.25) is 4.31 Å². The van der Waals surface area contributed by atoms with E-state index in [1.165, 1.54) is 8.61 Å². The average Bonchev–Trinajstić information content (AvgIpc) is 3.41. The number of carbonyl (C=O) groups excluding carboxylic acids is 1. The van der Waals surface area contributed by atoms with Crippen LogP contribution in [-0.4, -0.2) is 65.7 Å². The van der Waals surface area contributed by atoms with Crippen molar-refractivity contribution in [3.63, 3.8) is 0 Å². The molecule has 0 atom stereocenters. The lowest BCUT2D eigenvalue weighted by Gasteiger charge is -2.53. The smallest absolute Gasteiger partial charge is 0.410 e. The molecule has 3 heterocycles. The number of likely N-dealkylation sites (tertiary alicyclic amines) is 1. The van der Waals surface area contributed by atoms with Crippen molar-refractivity contribution < 1.29 is 31.1 Å². The predicted octanol–water partition coefficient (Wildman–Crippen LogP) is 5.26. The van der Waals surface area contributed by atoms with Crippen LogP contribution in [0.1, 0.15) is 51.5 Å². The number of carbonyl (C=O) groups is 1. The molecule has 0 saturated carbocycles. The van der Waals surface area contributed by atoms with Crippen molar-refractivity contribution in [1.29, 1.82) is 0 Å². The van der Waals surface area contributed by atoms with E-state index in [4.69, 9.17) is 9.15 Å². The highest BCUT2D eigenvalue weighted by molar-refractivity contribution is 7.90. The van der Waals surface area contributed by atoms with Crippen LogP contribution in [-0.2, 0) is 21.5 Å². The van der Waals surface area contributed by atoms with Gasteiger partial charge in [0.05, 0.1) is 12.2 Å². The van der Waals surface area contributed by atoms with Crippen LogP contribution in [0.4, 0.5) is 19.3 Å². The molecule has 1 aromatic heterocycles. The number of halogens is 2. The van der Waals surface area contributed by atoms with E-state index in [0.29, 0.717) is 55.8 Å². The molecule has 220 valence electrons. The maximum absolute atomic E-state index is 14.0. The van der Waals surface area contributed by atoms with Gasteiger partial charge in [0, 0.05) is 37.2 Å². The van der Waals surface area contributed by atoms with E-state index in [9.17, 15) is 22.0 Å². The van der Waals surface area contributed by atoms with Gasteiger partial charge >= 0.3 is 22.7 Å². The maximum Gasteiger partial charge on any atom is 0.410 e. The number of nitrogens with zero attached hydrogens (tertiary/aromatic N) is 5. The third-order valence-corrected chi connectivity index (χ3v) is 9.21. The number of benzene rings is 2. The number of hydrogen-bond acceptors (Lipinski definition) is 7. The molecule has 0 N–H and O–H groups in total. The number of hydrogen-bond donors (Lipinski definition) is 0. The van der Waals surface area contributed by atoms with Crippen molar-refractivity contribution >= 4 is 22.0 Å². The molecule has 0 aliphatic carbocycles. The SMILES string of the molecule is CC(C)(C)OC(=O)N1CC2(CCN(S(=O)(=O)N(Cc3ccc(-c4nnc(C(F)F)o4)cc3)c3ccccc3)CC2)C1. The van der Waals surface area contributed by atoms with Gasteiger partial charge in [-0.1, -0.05) is 30.3 Å². The Labute approximate surface area is 238 Å². The summed E-state index contributed by atoms with van der Waals surface area (Å²) in [5, 5.41) is 7.01. The normalized spacial score (nSPS) is 17.5.